The third kappa shape index (κ3) is 4.10. The van der Waals surface area contributed by atoms with Crippen LogP contribution in [0.15, 0.2) is 78.9 Å². The number of anilines is 2. The van der Waals surface area contributed by atoms with Crippen molar-refractivity contribution in [2.24, 2.45) is 0 Å². The van der Waals surface area contributed by atoms with Gasteiger partial charge in [0.15, 0.2) is 0 Å². The van der Waals surface area contributed by atoms with Crippen LogP contribution >= 0.6 is 0 Å². The summed E-state index contributed by atoms with van der Waals surface area (Å²) in [5.41, 5.74) is 3.84. The van der Waals surface area contributed by atoms with Crippen LogP contribution in [-0.4, -0.2) is 15.8 Å². The molecule has 0 saturated heterocycles. The van der Waals surface area contributed by atoms with Gasteiger partial charge < -0.3 is 0 Å². The van der Waals surface area contributed by atoms with Gasteiger partial charge in [0.25, 0.3) is 17.3 Å². The fraction of sp³-hybridized carbons (Fsp3) is 0. The normalized spacial score (nSPS) is 10.1. The van der Waals surface area contributed by atoms with Crippen molar-refractivity contribution >= 4 is 28.7 Å². The monoisotopic (exact) mass is 378 g/mol. The highest BCUT2D eigenvalue weighted by Crippen LogP contribution is 2.27. The van der Waals surface area contributed by atoms with Crippen molar-refractivity contribution in [2.45, 2.75) is 0 Å². The molecule has 0 spiro atoms. The number of benzene rings is 3. The van der Waals surface area contributed by atoms with E-state index < -0.39 is 15.8 Å². The van der Waals surface area contributed by atoms with Gasteiger partial charge in [-0.25, -0.2) is 0 Å². The van der Waals surface area contributed by atoms with Gasteiger partial charge in [-0.05, 0) is 36.4 Å². The number of nitro benzene ring substituents is 2. The smallest absolute Gasteiger partial charge is 0.267 e. The van der Waals surface area contributed by atoms with Crippen molar-refractivity contribution in [1.29, 1.82) is 0 Å². The van der Waals surface area contributed by atoms with Crippen molar-refractivity contribution in [3.8, 4) is 0 Å². The molecule has 0 aliphatic heterocycles. The molecule has 3 aromatic carbocycles. The number of rotatable bonds is 6. The molecule has 0 heterocycles. The summed E-state index contributed by atoms with van der Waals surface area (Å²) in [6.07, 6.45) is 0. The number of carbonyl (C=O) groups is 1. The van der Waals surface area contributed by atoms with Crippen LogP contribution in [0.2, 0.25) is 0 Å². The Morgan fingerprint density at radius 1 is 0.714 bits per heavy atom. The van der Waals surface area contributed by atoms with E-state index in [4.69, 9.17) is 0 Å². The molecule has 9 nitrogen and oxygen atoms in total. The quantitative estimate of drug-likeness (QED) is 0.512. The summed E-state index contributed by atoms with van der Waals surface area (Å²) in [5.74, 6) is -0.405. The number of non-ortho nitro benzene ring substituents is 2. The topological polar surface area (TPSA) is 119 Å². The zero-order valence-electron chi connectivity index (χ0n) is 14.4. The van der Waals surface area contributed by atoms with Gasteiger partial charge in [-0.1, -0.05) is 18.2 Å². The average molecular weight is 378 g/mol. The van der Waals surface area contributed by atoms with E-state index in [-0.39, 0.29) is 11.4 Å². The average Bonchev–Trinajstić information content (AvgIpc) is 2.72. The Kier molecular flexibility index (Phi) is 5.26. The molecule has 3 rings (SSSR count). The Morgan fingerprint density at radius 3 is 1.54 bits per heavy atom. The molecular weight excluding hydrogens is 364 g/mol. The van der Waals surface area contributed by atoms with E-state index in [0.29, 0.717) is 16.9 Å². The number of amides is 1. The first-order valence-corrected chi connectivity index (χ1v) is 8.11. The van der Waals surface area contributed by atoms with E-state index >= 15 is 0 Å². The lowest BCUT2D eigenvalue weighted by atomic mass is 10.2. The maximum atomic E-state index is 12.6. The number of hydrogen-bond donors (Lipinski definition) is 1. The Labute approximate surface area is 159 Å². The van der Waals surface area contributed by atoms with Gasteiger partial charge in [0.05, 0.1) is 21.2 Å². The highest BCUT2D eigenvalue weighted by molar-refractivity contribution is 5.96. The van der Waals surface area contributed by atoms with Gasteiger partial charge >= 0.3 is 0 Å². The minimum Gasteiger partial charge on any atom is -0.267 e. The summed E-state index contributed by atoms with van der Waals surface area (Å²) in [6.45, 7) is 0. The third-order valence-electron chi connectivity index (χ3n) is 3.89. The SMILES string of the molecule is O=C(NN(c1ccc([N+](=O)[O-])cc1)c1ccc([N+](=O)[O-])cc1)c1ccccc1. The summed E-state index contributed by atoms with van der Waals surface area (Å²) in [4.78, 5) is 33.3. The molecule has 0 bridgehead atoms. The standard InChI is InChI=1S/C19H14N4O5/c24-19(14-4-2-1-3-5-14)20-21(15-6-10-17(11-7-15)22(25)26)16-8-12-18(13-9-16)23(27)28/h1-13H,(H,20,24). The molecule has 0 aliphatic rings. The predicted octanol–water partition coefficient (Wildman–Crippen LogP) is 3.99. The molecule has 140 valence electrons. The number of hydrazine groups is 1. The van der Waals surface area contributed by atoms with Crippen molar-refractivity contribution in [3.63, 3.8) is 0 Å². The van der Waals surface area contributed by atoms with E-state index in [0.717, 1.165) is 0 Å². The molecule has 28 heavy (non-hydrogen) atoms. The lowest BCUT2D eigenvalue weighted by Gasteiger charge is -2.25. The lowest BCUT2D eigenvalue weighted by Crippen LogP contribution is -2.38. The number of nitro groups is 2. The zero-order chi connectivity index (χ0) is 20.1. The largest absolute Gasteiger partial charge is 0.270 e. The van der Waals surface area contributed by atoms with Crippen molar-refractivity contribution in [3.05, 3.63) is 105 Å². The Hall–Kier alpha value is -4.27. The Bertz CT molecular complexity index is 947. The van der Waals surface area contributed by atoms with Crippen LogP contribution in [0.25, 0.3) is 0 Å². The minimum absolute atomic E-state index is 0.0956. The first kappa shape index (κ1) is 18.5. The second-order valence-corrected chi connectivity index (χ2v) is 5.69. The van der Waals surface area contributed by atoms with Crippen molar-refractivity contribution in [1.82, 2.24) is 5.43 Å². The Balaban J connectivity index is 1.96. The van der Waals surface area contributed by atoms with Crippen LogP contribution in [0.3, 0.4) is 0 Å². The van der Waals surface area contributed by atoms with Crippen LogP contribution in [-0.2, 0) is 0 Å². The van der Waals surface area contributed by atoms with Crippen molar-refractivity contribution in [2.75, 3.05) is 5.01 Å². The molecule has 0 aromatic heterocycles. The highest BCUT2D eigenvalue weighted by atomic mass is 16.6. The summed E-state index contributed by atoms with van der Waals surface area (Å²) in [5, 5.41) is 23.2. The van der Waals surface area contributed by atoms with Gasteiger partial charge in [0, 0.05) is 29.8 Å². The summed E-state index contributed by atoms with van der Waals surface area (Å²) in [7, 11) is 0. The highest BCUT2D eigenvalue weighted by Gasteiger charge is 2.17. The molecule has 1 N–H and O–H groups in total. The summed E-state index contributed by atoms with van der Waals surface area (Å²) >= 11 is 0. The number of carbonyl (C=O) groups excluding carboxylic acids is 1. The fourth-order valence-corrected chi connectivity index (χ4v) is 2.48. The van der Waals surface area contributed by atoms with Crippen LogP contribution in [0.4, 0.5) is 22.7 Å². The molecule has 9 heteroatoms. The van der Waals surface area contributed by atoms with Gasteiger partial charge in [-0.2, -0.15) is 0 Å². The van der Waals surface area contributed by atoms with Gasteiger partial charge in [-0.15, -0.1) is 0 Å². The second-order valence-electron chi connectivity index (χ2n) is 5.69. The second kappa shape index (κ2) is 7.96. The number of nitrogens with zero attached hydrogens (tertiary/aromatic N) is 3. The van der Waals surface area contributed by atoms with Crippen LogP contribution < -0.4 is 10.4 Å². The molecule has 0 atom stereocenters. The Morgan fingerprint density at radius 2 is 1.14 bits per heavy atom. The van der Waals surface area contributed by atoms with Gasteiger partial charge in [0.1, 0.15) is 0 Å². The molecule has 0 aliphatic carbocycles. The number of nitrogens with one attached hydrogen (secondary N) is 1. The maximum absolute atomic E-state index is 12.6. The van der Waals surface area contributed by atoms with E-state index in [2.05, 4.69) is 5.43 Å². The maximum Gasteiger partial charge on any atom is 0.270 e. The first-order chi connectivity index (χ1) is 13.5. The van der Waals surface area contributed by atoms with E-state index in [1.807, 2.05) is 0 Å². The van der Waals surface area contributed by atoms with Gasteiger partial charge in [-0.3, -0.25) is 35.5 Å². The first-order valence-electron chi connectivity index (χ1n) is 8.11. The lowest BCUT2D eigenvalue weighted by molar-refractivity contribution is -0.385. The predicted molar refractivity (Wildman–Crippen MR) is 102 cm³/mol. The minimum atomic E-state index is -0.525. The molecule has 3 aromatic rings. The van der Waals surface area contributed by atoms with Crippen molar-refractivity contribution < 1.29 is 14.6 Å². The molecule has 0 saturated carbocycles. The van der Waals surface area contributed by atoms with Crippen LogP contribution in [0.1, 0.15) is 10.4 Å². The van der Waals surface area contributed by atoms with E-state index in [1.54, 1.807) is 30.3 Å². The number of hydrogen-bond acceptors (Lipinski definition) is 6. The summed E-state index contributed by atoms with van der Waals surface area (Å²) in [6, 6.07) is 19.6. The molecule has 1 amide bonds. The van der Waals surface area contributed by atoms with E-state index in [9.17, 15) is 25.0 Å². The zero-order valence-corrected chi connectivity index (χ0v) is 14.4. The van der Waals surface area contributed by atoms with Crippen LogP contribution in [0.5, 0.6) is 0 Å². The van der Waals surface area contributed by atoms with E-state index in [1.165, 1.54) is 53.5 Å². The summed E-state index contributed by atoms with van der Waals surface area (Å²) < 4.78 is 0. The molecule has 0 fully saturated rings. The molecular formula is C19H14N4O5. The van der Waals surface area contributed by atoms with Crippen LogP contribution in [0, 0.1) is 20.2 Å². The fourth-order valence-electron chi connectivity index (χ4n) is 2.48. The molecule has 0 radical (unpaired) electrons. The molecule has 0 unspecified atom stereocenters. The van der Waals surface area contributed by atoms with Gasteiger partial charge in [0.2, 0.25) is 0 Å². The third-order valence-corrected chi connectivity index (χ3v) is 3.89.